The van der Waals surface area contributed by atoms with Gasteiger partial charge in [-0.1, -0.05) is 18.2 Å². The van der Waals surface area contributed by atoms with Crippen LogP contribution in [0.15, 0.2) is 61.1 Å². The number of rotatable bonds is 7. The highest BCUT2D eigenvalue weighted by atomic mass is 19.1. The van der Waals surface area contributed by atoms with Gasteiger partial charge < -0.3 is 15.2 Å². The maximum absolute atomic E-state index is 13.4. The van der Waals surface area contributed by atoms with Gasteiger partial charge in [-0.2, -0.15) is 0 Å². The number of benzene rings is 2. The highest BCUT2D eigenvalue weighted by Crippen LogP contribution is 2.18. The van der Waals surface area contributed by atoms with E-state index < -0.39 is 0 Å². The molecule has 3 rings (SSSR count). The molecule has 0 saturated carbocycles. The molecule has 1 heterocycles. The molecule has 1 aromatic heterocycles. The number of aliphatic hydroxyl groups is 1. The van der Waals surface area contributed by atoms with E-state index in [4.69, 9.17) is 9.84 Å². The lowest BCUT2D eigenvalue weighted by molar-refractivity contribution is 0.275. The molecule has 0 unspecified atom stereocenters. The van der Waals surface area contributed by atoms with Crippen LogP contribution in [0.25, 0.3) is 0 Å². The summed E-state index contributed by atoms with van der Waals surface area (Å²) in [5, 5.41) is 12.4. The predicted octanol–water partition coefficient (Wildman–Crippen LogP) is 3.19. The minimum Gasteiger partial charge on any atom is -0.438 e. The van der Waals surface area contributed by atoms with E-state index in [-0.39, 0.29) is 12.4 Å². The standard InChI is InChI=1S/C19H18FN3O2/c20-18-6-3-15(9-16(18)13-24)11-22-10-14-1-4-17(5-2-14)25-19-12-21-7-8-23-19/h1-9,12,22,24H,10-11,13H2. The van der Waals surface area contributed by atoms with Gasteiger partial charge in [0.2, 0.25) is 5.88 Å². The number of nitrogens with one attached hydrogen (secondary N) is 1. The van der Waals surface area contributed by atoms with Gasteiger partial charge in [0.1, 0.15) is 11.6 Å². The zero-order valence-electron chi connectivity index (χ0n) is 13.5. The Hall–Kier alpha value is -2.83. The van der Waals surface area contributed by atoms with Gasteiger partial charge in [-0.25, -0.2) is 9.37 Å². The SMILES string of the molecule is OCc1cc(CNCc2ccc(Oc3cnccn3)cc2)ccc1F. The van der Waals surface area contributed by atoms with Crippen LogP contribution in [0.3, 0.4) is 0 Å². The lowest BCUT2D eigenvalue weighted by atomic mass is 10.1. The van der Waals surface area contributed by atoms with Crippen molar-refractivity contribution in [1.29, 1.82) is 0 Å². The van der Waals surface area contributed by atoms with E-state index >= 15 is 0 Å². The van der Waals surface area contributed by atoms with Crippen LogP contribution < -0.4 is 10.1 Å². The Labute approximate surface area is 145 Å². The fourth-order valence-corrected chi connectivity index (χ4v) is 2.34. The van der Waals surface area contributed by atoms with Crippen LogP contribution in [-0.4, -0.2) is 15.1 Å². The monoisotopic (exact) mass is 339 g/mol. The summed E-state index contributed by atoms with van der Waals surface area (Å²) < 4.78 is 18.9. The van der Waals surface area contributed by atoms with E-state index in [9.17, 15) is 4.39 Å². The second-order valence-corrected chi connectivity index (χ2v) is 5.48. The van der Waals surface area contributed by atoms with E-state index in [1.54, 1.807) is 30.7 Å². The molecular formula is C19H18FN3O2. The molecule has 0 atom stereocenters. The molecule has 2 N–H and O–H groups in total. The molecule has 25 heavy (non-hydrogen) atoms. The normalized spacial score (nSPS) is 10.6. The van der Waals surface area contributed by atoms with E-state index in [0.717, 1.165) is 11.1 Å². The molecule has 0 spiro atoms. The molecule has 0 amide bonds. The number of halogens is 1. The second kappa shape index (κ2) is 8.32. The second-order valence-electron chi connectivity index (χ2n) is 5.48. The fourth-order valence-electron chi connectivity index (χ4n) is 2.34. The molecule has 0 aliphatic rings. The quantitative estimate of drug-likeness (QED) is 0.692. The zero-order chi connectivity index (χ0) is 17.5. The summed E-state index contributed by atoms with van der Waals surface area (Å²) >= 11 is 0. The van der Waals surface area contributed by atoms with Crippen LogP contribution >= 0.6 is 0 Å². The van der Waals surface area contributed by atoms with E-state index in [0.29, 0.717) is 30.3 Å². The largest absolute Gasteiger partial charge is 0.438 e. The first-order valence-corrected chi connectivity index (χ1v) is 7.86. The highest BCUT2D eigenvalue weighted by Gasteiger charge is 2.03. The van der Waals surface area contributed by atoms with Crippen molar-refractivity contribution >= 4 is 0 Å². The van der Waals surface area contributed by atoms with Crippen molar-refractivity contribution < 1.29 is 14.2 Å². The summed E-state index contributed by atoms with van der Waals surface area (Å²) in [7, 11) is 0. The number of hydrogen-bond donors (Lipinski definition) is 2. The van der Waals surface area contributed by atoms with E-state index in [1.165, 1.54) is 6.07 Å². The summed E-state index contributed by atoms with van der Waals surface area (Å²) in [5.41, 5.74) is 2.33. The molecule has 0 aliphatic carbocycles. The molecule has 128 valence electrons. The molecule has 0 aliphatic heterocycles. The summed E-state index contributed by atoms with van der Waals surface area (Å²) in [6, 6.07) is 12.4. The Morgan fingerprint density at radius 3 is 2.48 bits per heavy atom. The predicted molar refractivity (Wildman–Crippen MR) is 91.4 cm³/mol. The molecule has 2 aromatic carbocycles. The first kappa shape index (κ1) is 17.0. The minimum absolute atomic E-state index is 0.299. The van der Waals surface area contributed by atoms with Gasteiger partial charge in [0.05, 0.1) is 12.8 Å². The maximum Gasteiger partial charge on any atom is 0.237 e. The smallest absolute Gasteiger partial charge is 0.237 e. The lowest BCUT2D eigenvalue weighted by Crippen LogP contribution is -2.13. The molecule has 3 aromatic rings. The first-order valence-electron chi connectivity index (χ1n) is 7.86. The van der Waals surface area contributed by atoms with Gasteiger partial charge in [0, 0.05) is 31.0 Å². The van der Waals surface area contributed by atoms with Gasteiger partial charge in [-0.3, -0.25) is 4.98 Å². The van der Waals surface area contributed by atoms with Crippen molar-refractivity contribution in [3.63, 3.8) is 0 Å². The van der Waals surface area contributed by atoms with Crippen LogP contribution in [0, 0.1) is 5.82 Å². The third kappa shape index (κ3) is 4.82. The Kier molecular flexibility index (Phi) is 5.66. The Bertz CT molecular complexity index is 811. The molecule has 5 nitrogen and oxygen atoms in total. The number of aromatic nitrogens is 2. The zero-order valence-corrected chi connectivity index (χ0v) is 13.5. The van der Waals surface area contributed by atoms with Gasteiger partial charge in [0.25, 0.3) is 0 Å². The third-order valence-electron chi connectivity index (χ3n) is 3.62. The Morgan fingerprint density at radius 1 is 1.00 bits per heavy atom. The Morgan fingerprint density at radius 2 is 1.76 bits per heavy atom. The van der Waals surface area contributed by atoms with Crippen LogP contribution in [0.4, 0.5) is 4.39 Å². The number of nitrogens with zero attached hydrogens (tertiary/aromatic N) is 2. The van der Waals surface area contributed by atoms with Crippen molar-refractivity contribution in [2.45, 2.75) is 19.7 Å². The highest BCUT2D eigenvalue weighted by molar-refractivity contribution is 5.30. The summed E-state index contributed by atoms with van der Waals surface area (Å²) in [6.07, 6.45) is 4.72. The van der Waals surface area contributed by atoms with Crippen molar-refractivity contribution in [1.82, 2.24) is 15.3 Å². The average Bonchev–Trinajstić information content (AvgIpc) is 2.65. The summed E-state index contributed by atoms with van der Waals surface area (Å²) in [6.45, 7) is 0.954. The molecule has 0 radical (unpaired) electrons. The molecular weight excluding hydrogens is 321 g/mol. The molecule has 0 bridgehead atoms. The maximum atomic E-state index is 13.4. The third-order valence-corrected chi connectivity index (χ3v) is 3.62. The summed E-state index contributed by atoms with van der Waals surface area (Å²) in [5.74, 6) is 0.754. The van der Waals surface area contributed by atoms with Crippen LogP contribution in [-0.2, 0) is 19.7 Å². The lowest BCUT2D eigenvalue weighted by Gasteiger charge is -2.08. The number of hydrogen-bond acceptors (Lipinski definition) is 5. The van der Waals surface area contributed by atoms with E-state index in [1.807, 2.05) is 24.3 Å². The van der Waals surface area contributed by atoms with Crippen LogP contribution in [0.1, 0.15) is 16.7 Å². The molecule has 6 heteroatoms. The van der Waals surface area contributed by atoms with E-state index in [2.05, 4.69) is 15.3 Å². The number of ether oxygens (including phenoxy) is 1. The average molecular weight is 339 g/mol. The van der Waals surface area contributed by atoms with Gasteiger partial charge in [-0.15, -0.1) is 0 Å². The van der Waals surface area contributed by atoms with Crippen molar-refractivity contribution in [3.8, 4) is 11.6 Å². The topological polar surface area (TPSA) is 67.3 Å². The van der Waals surface area contributed by atoms with Crippen molar-refractivity contribution in [3.05, 3.63) is 83.6 Å². The van der Waals surface area contributed by atoms with Gasteiger partial charge >= 0.3 is 0 Å². The Balaban J connectivity index is 1.52. The molecule has 0 fully saturated rings. The first-order chi connectivity index (χ1) is 12.2. The summed E-state index contributed by atoms with van der Waals surface area (Å²) in [4.78, 5) is 8.01. The van der Waals surface area contributed by atoms with Gasteiger partial charge in [0.15, 0.2) is 0 Å². The van der Waals surface area contributed by atoms with Crippen LogP contribution in [0.5, 0.6) is 11.6 Å². The fraction of sp³-hybridized carbons (Fsp3) is 0.158. The van der Waals surface area contributed by atoms with Crippen LogP contribution in [0.2, 0.25) is 0 Å². The molecule has 0 saturated heterocycles. The van der Waals surface area contributed by atoms with Crippen molar-refractivity contribution in [2.75, 3.05) is 0 Å². The van der Waals surface area contributed by atoms with Gasteiger partial charge in [-0.05, 0) is 35.4 Å². The number of aliphatic hydroxyl groups excluding tert-OH is 1. The minimum atomic E-state index is -0.384. The van der Waals surface area contributed by atoms with Crippen molar-refractivity contribution in [2.24, 2.45) is 0 Å².